The molecule has 0 radical (unpaired) electrons. The number of halogens is 3. The van der Waals surface area contributed by atoms with E-state index in [0.29, 0.717) is 6.54 Å². The molecule has 0 aliphatic heterocycles. The van der Waals surface area contributed by atoms with Crippen molar-refractivity contribution in [1.82, 2.24) is 10.2 Å². The summed E-state index contributed by atoms with van der Waals surface area (Å²) in [5, 5.41) is 1.74. The van der Waals surface area contributed by atoms with Crippen molar-refractivity contribution in [3.05, 3.63) is 0 Å². The van der Waals surface area contributed by atoms with Crippen LogP contribution in [0.3, 0.4) is 0 Å². The van der Waals surface area contributed by atoms with Gasteiger partial charge in [0.15, 0.2) is 0 Å². The SMILES string of the molecule is C#CCN(C)CCNC(=O)C(F)(F)F. The molecule has 0 aromatic carbocycles. The largest absolute Gasteiger partial charge is 0.471 e. The van der Waals surface area contributed by atoms with E-state index >= 15 is 0 Å². The van der Waals surface area contributed by atoms with E-state index < -0.39 is 12.1 Å². The third kappa shape index (κ3) is 5.43. The minimum Gasteiger partial charge on any atom is -0.347 e. The Balaban J connectivity index is 3.66. The van der Waals surface area contributed by atoms with Gasteiger partial charge in [-0.25, -0.2) is 0 Å². The maximum absolute atomic E-state index is 11.7. The molecule has 0 saturated carbocycles. The van der Waals surface area contributed by atoms with E-state index in [9.17, 15) is 18.0 Å². The van der Waals surface area contributed by atoms with Crippen LogP contribution in [0.25, 0.3) is 0 Å². The van der Waals surface area contributed by atoms with E-state index in [1.165, 1.54) is 0 Å². The molecule has 6 heteroatoms. The summed E-state index contributed by atoms with van der Waals surface area (Å²) in [7, 11) is 1.65. The van der Waals surface area contributed by atoms with Crippen LogP contribution in [0.1, 0.15) is 0 Å². The zero-order valence-electron chi connectivity index (χ0n) is 7.69. The van der Waals surface area contributed by atoms with Crippen molar-refractivity contribution >= 4 is 5.91 Å². The van der Waals surface area contributed by atoms with Crippen molar-refractivity contribution in [2.24, 2.45) is 0 Å². The summed E-state index contributed by atoms with van der Waals surface area (Å²) in [6, 6.07) is 0. The molecule has 0 fully saturated rings. The van der Waals surface area contributed by atoms with Gasteiger partial charge in [-0.1, -0.05) is 5.92 Å². The smallest absolute Gasteiger partial charge is 0.347 e. The van der Waals surface area contributed by atoms with Gasteiger partial charge in [-0.05, 0) is 7.05 Å². The van der Waals surface area contributed by atoms with E-state index in [-0.39, 0.29) is 13.1 Å². The Kier molecular flexibility index (Phi) is 5.02. The van der Waals surface area contributed by atoms with Crippen LogP contribution in [0.4, 0.5) is 13.2 Å². The highest BCUT2D eigenvalue weighted by molar-refractivity contribution is 5.81. The molecular formula is C8H11F3N2O. The Bertz CT molecular complexity index is 232. The number of carbonyl (C=O) groups excluding carboxylic acids is 1. The summed E-state index contributed by atoms with van der Waals surface area (Å²) >= 11 is 0. The van der Waals surface area contributed by atoms with Gasteiger partial charge in [0.05, 0.1) is 6.54 Å². The number of carbonyl (C=O) groups is 1. The Morgan fingerprint density at radius 3 is 2.57 bits per heavy atom. The third-order valence-corrected chi connectivity index (χ3v) is 1.40. The predicted octanol–water partition coefficient (Wildman–Crippen LogP) is 0.230. The first-order valence-electron chi connectivity index (χ1n) is 3.85. The molecule has 0 aliphatic carbocycles. The zero-order chi connectivity index (χ0) is 11.2. The summed E-state index contributed by atoms with van der Waals surface area (Å²) in [4.78, 5) is 11.9. The maximum atomic E-state index is 11.7. The minimum atomic E-state index is -4.81. The number of alkyl halides is 3. The summed E-state index contributed by atoms with van der Waals surface area (Å²) in [5.74, 6) is 0.402. The molecule has 0 atom stereocenters. The number of hydrogen-bond acceptors (Lipinski definition) is 2. The molecule has 80 valence electrons. The molecule has 0 unspecified atom stereocenters. The maximum Gasteiger partial charge on any atom is 0.471 e. The molecule has 0 aromatic heterocycles. The molecule has 1 amide bonds. The second-order valence-corrected chi connectivity index (χ2v) is 2.70. The Hall–Kier alpha value is -1.22. The third-order valence-electron chi connectivity index (χ3n) is 1.40. The minimum absolute atomic E-state index is 0.0729. The van der Waals surface area contributed by atoms with Gasteiger partial charge >= 0.3 is 12.1 Å². The summed E-state index contributed by atoms with van der Waals surface area (Å²) < 4.78 is 35.0. The van der Waals surface area contributed by atoms with E-state index in [2.05, 4.69) is 5.92 Å². The van der Waals surface area contributed by atoms with Gasteiger partial charge in [0.1, 0.15) is 0 Å². The average Bonchev–Trinajstić information content (AvgIpc) is 2.02. The molecule has 0 spiro atoms. The zero-order valence-corrected chi connectivity index (χ0v) is 7.69. The Morgan fingerprint density at radius 1 is 1.57 bits per heavy atom. The second-order valence-electron chi connectivity index (χ2n) is 2.70. The van der Waals surface area contributed by atoms with Crippen LogP contribution in [0, 0.1) is 12.3 Å². The van der Waals surface area contributed by atoms with Crippen molar-refractivity contribution in [2.75, 3.05) is 26.7 Å². The van der Waals surface area contributed by atoms with E-state index in [0.717, 1.165) is 0 Å². The van der Waals surface area contributed by atoms with Crippen molar-refractivity contribution in [1.29, 1.82) is 0 Å². The number of rotatable bonds is 4. The normalized spacial score (nSPS) is 11.1. The van der Waals surface area contributed by atoms with Crippen molar-refractivity contribution in [3.8, 4) is 12.3 Å². The number of nitrogens with one attached hydrogen (secondary N) is 1. The highest BCUT2D eigenvalue weighted by Crippen LogP contribution is 2.13. The molecule has 0 aliphatic rings. The van der Waals surface area contributed by atoms with E-state index in [1.807, 2.05) is 0 Å². The van der Waals surface area contributed by atoms with Crippen molar-refractivity contribution in [2.45, 2.75) is 6.18 Å². The van der Waals surface area contributed by atoms with Gasteiger partial charge in [-0.3, -0.25) is 9.69 Å². The fraction of sp³-hybridized carbons (Fsp3) is 0.625. The van der Waals surface area contributed by atoms with Gasteiger partial charge in [-0.15, -0.1) is 6.42 Å². The molecule has 3 nitrogen and oxygen atoms in total. The Labute approximate surface area is 80.3 Å². The highest BCUT2D eigenvalue weighted by Gasteiger charge is 2.38. The lowest BCUT2D eigenvalue weighted by molar-refractivity contribution is -0.173. The van der Waals surface area contributed by atoms with Crippen LogP contribution in [0.15, 0.2) is 0 Å². The molecule has 0 aromatic rings. The lowest BCUT2D eigenvalue weighted by atomic mass is 10.5. The summed E-state index contributed by atoms with van der Waals surface area (Å²) in [5.41, 5.74) is 0. The monoisotopic (exact) mass is 208 g/mol. The van der Waals surface area contributed by atoms with Gasteiger partial charge < -0.3 is 5.32 Å². The first-order valence-corrected chi connectivity index (χ1v) is 3.85. The first kappa shape index (κ1) is 12.8. The van der Waals surface area contributed by atoms with Crippen molar-refractivity contribution < 1.29 is 18.0 Å². The molecule has 0 saturated heterocycles. The molecule has 0 rings (SSSR count). The van der Waals surface area contributed by atoms with Gasteiger partial charge in [0.2, 0.25) is 0 Å². The number of hydrogen-bond donors (Lipinski definition) is 1. The van der Waals surface area contributed by atoms with Crippen LogP contribution in [-0.2, 0) is 4.79 Å². The predicted molar refractivity (Wildman–Crippen MR) is 45.4 cm³/mol. The second kappa shape index (κ2) is 5.50. The quantitative estimate of drug-likeness (QED) is 0.671. The lowest BCUT2D eigenvalue weighted by Gasteiger charge is -2.13. The molecule has 0 heterocycles. The summed E-state index contributed by atoms with van der Waals surface area (Å²) in [6.45, 7) is 0.546. The standard InChI is InChI=1S/C8H11F3N2O/c1-3-5-13(2)6-4-12-7(14)8(9,10)11/h1H,4-6H2,2H3,(H,12,14). The number of amides is 1. The number of nitrogens with zero attached hydrogens (tertiary/aromatic N) is 1. The topological polar surface area (TPSA) is 32.3 Å². The fourth-order valence-electron chi connectivity index (χ4n) is 0.695. The number of terminal acetylenes is 1. The fourth-order valence-corrected chi connectivity index (χ4v) is 0.695. The van der Waals surface area contributed by atoms with E-state index in [4.69, 9.17) is 6.42 Å². The number of likely N-dealkylation sites (N-methyl/N-ethyl adjacent to an activating group) is 1. The van der Waals surface area contributed by atoms with Gasteiger partial charge in [-0.2, -0.15) is 13.2 Å². The van der Waals surface area contributed by atoms with Crippen LogP contribution in [0.5, 0.6) is 0 Å². The molecular weight excluding hydrogens is 197 g/mol. The van der Waals surface area contributed by atoms with Crippen molar-refractivity contribution in [3.63, 3.8) is 0 Å². The highest BCUT2D eigenvalue weighted by atomic mass is 19.4. The first-order chi connectivity index (χ1) is 6.38. The van der Waals surface area contributed by atoms with Crippen LogP contribution < -0.4 is 5.32 Å². The molecule has 0 bridgehead atoms. The van der Waals surface area contributed by atoms with Crippen LogP contribution in [-0.4, -0.2) is 43.7 Å². The Morgan fingerprint density at radius 2 is 2.14 bits per heavy atom. The van der Waals surface area contributed by atoms with Crippen LogP contribution in [0.2, 0.25) is 0 Å². The van der Waals surface area contributed by atoms with Gasteiger partial charge in [0, 0.05) is 13.1 Å². The summed E-state index contributed by atoms with van der Waals surface area (Å²) in [6.07, 6.45) is 0.156. The average molecular weight is 208 g/mol. The van der Waals surface area contributed by atoms with E-state index in [1.54, 1.807) is 17.3 Å². The molecule has 14 heavy (non-hydrogen) atoms. The molecule has 1 N–H and O–H groups in total. The van der Waals surface area contributed by atoms with Gasteiger partial charge in [0.25, 0.3) is 0 Å². The lowest BCUT2D eigenvalue weighted by Crippen LogP contribution is -2.40. The van der Waals surface area contributed by atoms with Crippen LogP contribution >= 0.6 is 0 Å².